The van der Waals surface area contributed by atoms with Crippen LogP contribution in [0, 0.1) is 23.7 Å². The zero-order valence-corrected chi connectivity index (χ0v) is 24.7. The van der Waals surface area contributed by atoms with E-state index < -0.39 is 11.2 Å². The summed E-state index contributed by atoms with van der Waals surface area (Å²) in [4.78, 5) is 48.5. The number of H-pyrrole nitrogens is 1. The van der Waals surface area contributed by atoms with Gasteiger partial charge < -0.3 is 4.57 Å². The summed E-state index contributed by atoms with van der Waals surface area (Å²) in [7, 11) is 0. The minimum absolute atomic E-state index is 0.0242. The number of para-hydroxylation sites is 2. The van der Waals surface area contributed by atoms with Crippen LogP contribution in [0.2, 0.25) is 0 Å². The molecule has 1 unspecified atom stereocenters. The Morgan fingerprint density at radius 2 is 1.73 bits per heavy atom. The molecule has 2 aliphatic heterocycles. The largest absolute Gasteiger partial charge is 0.334 e. The van der Waals surface area contributed by atoms with Crippen molar-refractivity contribution in [3.8, 4) is 5.82 Å². The topological polar surface area (TPSA) is 93.0 Å². The number of nitrogens with one attached hydrogen (secondary N) is 1. The smallest absolute Gasteiger partial charge is 0.300 e. The van der Waals surface area contributed by atoms with Crippen LogP contribution in [0.5, 0.6) is 0 Å². The van der Waals surface area contributed by atoms with Crippen LogP contribution in [0.1, 0.15) is 77.2 Å². The molecule has 8 nitrogen and oxygen atoms in total. The second kappa shape index (κ2) is 10.4. The maximum absolute atomic E-state index is 14.1. The summed E-state index contributed by atoms with van der Waals surface area (Å²) in [6.45, 7) is 3.67. The first kappa shape index (κ1) is 26.4. The molecule has 7 rings (SSSR count). The Bertz CT molecular complexity index is 1600. The predicted molar refractivity (Wildman–Crippen MR) is 159 cm³/mol. The number of halogens is 1. The first-order chi connectivity index (χ1) is 19.4. The molecule has 2 aliphatic carbocycles. The van der Waals surface area contributed by atoms with Gasteiger partial charge in [0.05, 0.1) is 15.5 Å². The molecule has 2 saturated carbocycles. The van der Waals surface area contributed by atoms with Crippen LogP contribution < -0.4 is 16.8 Å². The number of benzene rings is 1. The summed E-state index contributed by atoms with van der Waals surface area (Å²) < 4.78 is 3.24. The molecule has 9 heteroatoms. The van der Waals surface area contributed by atoms with Crippen molar-refractivity contribution in [2.45, 2.75) is 89.3 Å². The quantitative estimate of drug-likeness (QED) is 0.449. The van der Waals surface area contributed by atoms with E-state index in [0.29, 0.717) is 17.6 Å². The Hall–Kier alpha value is -2.52. The fourth-order valence-electron chi connectivity index (χ4n) is 8.72. The van der Waals surface area contributed by atoms with Crippen molar-refractivity contribution in [3.05, 3.63) is 66.1 Å². The molecule has 4 aliphatic rings. The van der Waals surface area contributed by atoms with Crippen molar-refractivity contribution in [2.75, 3.05) is 6.54 Å². The molecule has 4 bridgehead atoms. The molecule has 0 radical (unpaired) electrons. The second-order valence-corrected chi connectivity index (χ2v) is 13.9. The van der Waals surface area contributed by atoms with Crippen molar-refractivity contribution >= 4 is 27.0 Å². The highest BCUT2D eigenvalue weighted by Gasteiger charge is 2.43. The lowest BCUT2D eigenvalue weighted by Gasteiger charge is -2.52. The summed E-state index contributed by atoms with van der Waals surface area (Å²) in [5.41, 5.74) is -0.0120. The Morgan fingerprint density at radius 3 is 2.52 bits per heavy atom. The minimum atomic E-state index is -0.669. The number of hydrogen-bond donors (Lipinski definition) is 1. The third-order valence-electron chi connectivity index (χ3n) is 10.6. The molecule has 40 heavy (non-hydrogen) atoms. The lowest BCUT2D eigenvalue weighted by molar-refractivity contribution is -0.0142. The van der Waals surface area contributed by atoms with Crippen molar-refractivity contribution in [1.29, 1.82) is 0 Å². The molecule has 3 aromatic rings. The monoisotopic (exact) mass is 607 g/mol. The van der Waals surface area contributed by atoms with Gasteiger partial charge in [-0.2, -0.15) is 0 Å². The van der Waals surface area contributed by atoms with Crippen molar-refractivity contribution < 1.29 is 0 Å². The third-order valence-corrected chi connectivity index (χ3v) is 11.2. The number of piperidine rings is 2. The fraction of sp³-hybridized carbons (Fsp3) is 0.613. The summed E-state index contributed by atoms with van der Waals surface area (Å²) in [5.74, 6) is 3.53. The summed E-state index contributed by atoms with van der Waals surface area (Å²) in [5, 5.41) is 0. The first-order valence-corrected chi connectivity index (χ1v) is 15.9. The zero-order chi connectivity index (χ0) is 27.5. The molecule has 4 fully saturated rings. The number of aromatic amines is 1. The summed E-state index contributed by atoms with van der Waals surface area (Å²) >= 11 is 3.20. The number of hydrogen-bond acceptors (Lipinski definition) is 5. The van der Waals surface area contributed by atoms with E-state index in [1.807, 2.05) is 28.8 Å². The maximum atomic E-state index is 14.1. The van der Waals surface area contributed by atoms with Gasteiger partial charge in [-0.3, -0.25) is 19.5 Å². The molecule has 0 spiro atoms. The summed E-state index contributed by atoms with van der Waals surface area (Å²) in [6.07, 6.45) is 13.9. The van der Waals surface area contributed by atoms with Gasteiger partial charge >= 0.3 is 5.69 Å². The molecule has 0 amide bonds. The van der Waals surface area contributed by atoms with Crippen LogP contribution in [0.4, 0.5) is 0 Å². The molecule has 212 valence electrons. The van der Waals surface area contributed by atoms with Gasteiger partial charge in [-0.05, 0) is 96.7 Å². The highest BCUT2D eigenvalue weighted by Crippen LogP contribution is 2.47. The SMILES string of the molecule is C[C@H]1CC[C@@H]2C[C@@H](CN3[C@@H]4CCC[C@H]3CC(n3c(=O)c(-n5cc(Br)c(=O)[nH]c5=O)nc5ccccc53)C4)C[C@H]1C2. The van der Waals surface area contributed by atoms with E-state index in [9.17, 15) is 14.4 Å². The van der Waals surface area contributed by atoms with E-state index in [4.69, 9.17) is 0 Å². The fourth-order valence-corrected chi connectivity index (χ4v) is 9.03. The highest BCUT2D eigenvalue weighted by atomic mass is 79.9. The molecule has 7 atom stereocenters. The number of fused-ring (bicyclic) bond motifs is 5. The van der Waals surface area contributed by atoms with E-state index in [0.717, 1.165) is 46.6 Å². The predicted octanol–water partition coefficient (Wildman–Crippen LogP) is 5.02. The van der Waals surface area contributed by atoms with Crippen LogP contribution >= 0.6 is 15.9 Å². The van der Waals surface area contributed by atoms with E-state index in [1.54, 1.807) is 0 Å². The summed E-state index contributed by atoms with van der Waals surface area (Å²) in [6, 6.07) is 8.68. The van der Waals surface area contributed by atoms with Crippen LogP contribution in [-0.2, 0) is 0 Å². The molecule has 2 saturated heterocycles. The lowest BCUT2D eigenvalue weighted by atomic mass is 9.64. The third kappa shape index (κ3) is 4.63. The van der Waals surface area contributed by atoms with Crippen LogP contribution in [0.25, 0.3) is 16.9 Å². The molecule has 1 aromatic carbocycles. The molecular formula is C31H38BrN5O3. The zero-order valence-electron chi connectivity index (χ0n) is 23.1. The number of nitrogens with zero attached hydrogens (tertiary/aromatic N) is 4. The molecule has 4 heterocycles. The van der Waals surface area contributed by atoms with Crippen LogP contribution in [0.15, 0.2) is 49.3 Å². The molecule has 2 aromatic heterocycles. The van der Waals surface area contributed by atoms with Gasteiger partial charge in [-0.15, -0.1) is 0 Å². The van der Waals surface area contributed by atoms with E-state index in [2.05, 4.69) is 37.7 Å². The Balaban J connectivity index is 1.22. The van der Waals surface area contributed by atoms with Crippen LogP contribution in [-0.4, -0.2) is 42.6 Å². The van der Waals surface area contributed by atoms with Crippen LogP contribution in [0.3, 0.4) is 0 Å². The van der Waals surface area contributed by atoms with Gasteiger partial charge in [-0.25, -0.2) is 14.3 Å². The van der Waals surface area contributed by atoms with Gasteiger partial charge in [0.15, 0.2) is 0 Å². The van der Waals surface area contributed by atoms with Crippen molar-refractivity contribution in [1.82, 2.24) is 24.0 Å². The Morgan fingerprint density at radius 1 is 0.950 bits per heavy atom. The standard InChI is InChI=1S/C31H38BrN5O3/c1-18-9-10-19-11-20(13-21(18)12-19)16-35-22-5-4-6-23(35)15-24(14-22)37-27-8-3-2-7-26(27)33-28(30(37)39)36-17-25(32)29(38)34-31(36)40/h2-3,7-8,17-24H,4-6,9-16H2,1H3,(H,34,38,40)/t18-,19+,20+,21+,22-,23+,24?/m0/s1. The van der Waals surface area contributed by atoms with Gasteiger partial charge in [0.25, 0.3) is 11.1 Å². The van der Waals surface area contributed by atoms with Gasteiger partial charge in [0, 0.05) is 30.9 Å². The second-order valence-electron chi connectivity index (χ2n) is 13.0. The maximum Gasteiger partial charge on any atom is 0.334 e. The van der Waals surface area contributed by atoms with E-state index >= 15 is 0 Å². The lowest BCUT2D eigenvalue weighted by Crippen LogP contribution is -2.55. The van der Waals surface area contributed by atoms with Crippen molar-refractivity contribution in [3.63, 3.8) is 0 Å². The Kier molecular flexibility index (Phi) is 6.85. The first-order valence-electron chi connectivity index (χ1n) is 15.1. The minimum Gasteiger partial charge on any atom is -0.300 e. The normalized spacial score (nSPS) is 32.3. The van der Waals surface area contributed by atoms with Gasteiger partial charge in [0.1, 0.15) is 0 Å². The van der Waals surface area contributed by atoms with Gasteiger partial charge in [-0.1, -0.05) is 38.3 Å². The van der Waals surface area contributed by atoms with Crippen molar-refractivity contribution in [2.24, 2.45) is 23.7 Å². The van der Waals surface area contributed by atoms with E-state index in [-0.39, 0.29) is 21.9 Å². The number of aromatic nitrogens is 4. The Labute approximate surface area is 241 Å². The average molecular weight is 609 g/mol. The van der Waals surface area contributed by atoms with Gasteiger partial charge in [0.2, 0.25) is 5.82 Å². The average Bonchev–Trinajstić information content (AvgIpc) is 2.93. The van der Waals surface area contributed by atoms with E-state index in [1.165, 1.54) is 64.1 Å². The molecule has 1 N–H and O–H groups in total. The highest BCUT2D eigenvalue weighted by molar-refractivity contribution is 9.10. The molecular weight excluding hydrogens is 570 g/mol. The number of rotatable bonds is 4.